The summed E-state index contributed by atoms with van der Waals surface area (Å²) in [4.78, 5) is 13.0. The van der Waals surface area contributed by atoms with Gasteiger partial charge in [0.05, 0.1) is 32.0 Å². The molecule has 0 aliphatic carbocycles. The molecule has 2 rings (SSSR count). The van der Waals surface area contributed by atoms with Gasteiger partial charge in [0.15, 0.2) is 12.6 Å². The van der Waals surface area contributed by atoms with Crippen molar-refractivity contribution in [2.24, 2.45) is 0 Å². The van der Waals surface area contributed by atoms with Crippen LogP contribution in [0.15, 0.2) is 85.1 Å². The van der Waals surface area contributed by atoms with Crippen molar-refractivity contribution in [1.29, 1.82) is 0 Å². The van der Waals surface area contributed by atoms with Gasteiger partial charge in [0.2, 0.25) is 5.91 Å². The molecule has 0 radical (unpaired) electrons. The van der Waals surface area contributed by atoms with Crippen LogP contribution in [-0.2, 0) is 23.7 Å². The lowest BCUT2D eigenvalue weighted by Gasteiger charge is -2.46. The van der Waals surface area contributed by atoms with Gasteiger partial charge in [-0.1, -0.05) is 112 Å². The first-order chi connectivity index (χ1) is 29.1. The van der Waals surface area contributed by atoms with Crippen molar-refractivity contribution in [3.05, 3.63) is 85.1 Å². The third-order valence-corrected chi connectivity index (χ3v) is 10.1. The number of carbonyl (C=O) groups is 1. The summed E-state index contributed by atoms with van der Waals surface area (Å²) in [5.74, 6) is -0.341. The van der Waals surface area contributed by atoms with E-state index in [0.29, 0.717) is 12.8 Å². The fourth-order valence-electron chi connectivity index (χ4n) is 6.45. The Morgan fingerprint density at radius 1 is 0.617 bits per heavy atom. The molecule has 0 aromatic rings. The van der Waals surface area contributed by atoms with Gasteiger partial charge in [-0.2, -0.15) is 0 Å². The maximum atomic E-state index is 13.0. The molecule has 12 atom stereocenters. The maximum absolute atomic E-state index is 13.0. The number of unbranched alkanes of at least 4 members (excludes halogenated alkanes) is 5. The molecule has 342 valence electrons. The van der Waals surface area contributed by atoms with Crippen molar-refractivity contribution in [1.82, 2.24) is 5.32 Å². The smallest absolute Gasteiger partial charge is 0.220 e. The second-order valence-corrected chi connectivity index (χ2v) is 15.1. The molecule has 14 nitrogen and oxygen atoms in total. The Morgan fingerprint density at radius 2 is 1.15 bits per heavy atom. The average molecular weight is 850 g/mol. The maximum Gasteiger partial charge on any atom is 0.220 e. The zero-order valence-corrected chi connectivity index (χ0v) is 35.7. The Hall–Kier alpha value is -2.83. The monoisotopic (exact) mass is 850 g/mol. The summed E-state index contributed by atoms with van der Waals surface area (Å²) in [5.41, 5.74) is 0. The van der Waals surface area contributed by atoms with Crippen molar-refractivity contribution in [3.63, 3.8) is 0 Å². The standard InChI is InChI=1S/C46H75NO13/c1-3-5-7-9-11-13-15-17-19-21-23-25-27-29-35(50)34(47-38(51)30-28-26-24-22-20-18-16-14-12-10-8-6-4-2)33-57-45-43(56)41(54)44(37(32-49)59-45)60-46-42(55)40(53)39(52)36(31-48)58-46/h6,8,11-14,18-21,24,26-27,29,34-37,39-46,48-50,52-56H,3-5,7,9-10,15-17,22-23,25,28,30-33H2,1-2H3,(H,47,51)/b8-6-,13-11+,14-12-,20-18-,21-19+,26-24-,29-27+. The first kappa shape index (κ1) is 53.3. The van der Waals surface area contributed by atoms with Gasteiger partial charge in [-0.3, -0.25) is 4.79 Å². The highest BCUT2D eigenvalue weighted by Crippen LogP contribution is 2.29. The molecule has 2 heterocycles. The Balaban J connectivity index is 1.99. The lowest BCUT2D eigenvalue weighted by atomic mass is 9.97. The molecular formula is C46H75NO13. The van der Waals surface area contributed by atoms with E-state index in [1.54, 1.807) is 6.08 Å². The van der Waals surface area contributed by atoms with Gasteiger partial charge in [0.25, 0.3) is 0 Å². The predicted octanol–water partition coefficient (Wildman–Crippen LogP) is 3.87. The topological polar surface area (TPSA) is 228 Å². The Labute approximate surface area is 357 Å². The lowest BCUT2D eigenvalue weighted by molar-refractivity contribution is -0.359. The molecule has 0 spiro atoms. The zero-order chi connectivity index (χ0) is 44.0. The molecule has 1 amide bonds. The number of hydrogen-bond donors (Lipinski definition) is 9. The van der Waals surface area contributed by atoms with Crippen LogP contribution >= 0.6 is 0 Å². The van der Waals surface area contributed by atoms with Crippen LogP contribution in [0.4, 0.5) is 0 Å². The number of aliphatic hydroxyl groups is 8. The fourth-order valence-corrected chi connectivity index (χ4v) is 6.45. The highest BCUT2D eigenvalue weighted by molar-refractivity contribution is 5.76. The minimum atomic E-state index is -1.80. The first-order valence-electron chi connectivity index (χ1n) is 21.8. The van der Waals surface area contributed by atoms with Crippen molar-refractivity contribution < 1.29 is 64.6 Å². The molecule has 60 heavy (non-hydrogen) atoms. The summed E-state index contributed by atoms with van der Waals surface area (Å²) in [7, 11) is 0. The quantitative estimate of drug-likeness (QED) is 0.0370. The third-order valence-electron chi connectivity index (χ3n) is 10.1. The number of hydrogen-bond acceptors (Lipinski definition) is 13. The van der Waals surface area contributed by atoms with Crippen LogP contribution in [0.3, 0.4) is 0 Å². The highest BCUT2D eigenvalue weighted by Gasteiger charge is 2.50. The lowest BCUT2D eigenvalue weighted by Crippen LogP contribution is -2.65. The van der Waals surface area contributed by atoms with E-state index < -0.39 is 86.8 Å². The van der Waals surface area contributed by atoms with Gasteiger partial charge >= 0.3 is 0 Å². The number of amides is 1. The predicted molar refractivity (Wildman–Crippen MR) is 230 cm³/mol. The second kappa shape index (κ2) is 32.8. The summed E-state index contributed by atoms with van der Waals surface area (Å²) in [6, 6.07) is -0.977. The number of aliphatic hydroxyl groups excluding tert-OH is 8. The molecule has 2 aliphatic heterocycles. The van der Waals surface area contributed by atoms with Crippen LogP contribution in [-0.4, -0.2) is 140 Å². The van der Waals surface area contributed by atoms with Crippen molar-refractivity contribution in [2.75, 3.05) is 19.8 Å². The van der Waals surface area contributed by atoms with E-state index in [0.717, 1.165) is 51.4 Å². The molecule has 0 aromatic carbocycles. The highest BCUT2D eigenvalue weighted by atomic mass is 16.7. The van der Waals surface area contributed by atoms with Gasteiger partial charge in [-0.05, 0) is 70.6 Å². The van der Waals surface area contributed by atoms with E-state index in [4.69, 9.17) is 18.9 Å². The average Bonchev–Trinajstić information content (AvgIpc) is 3.24. The summed E-state index contributed by atoms with van der Waals surface area (Å²) in [5, 5.41) is 86.2. The Bertz CT molecular complexity index is 1330. The zero-order valence-electron chi connectivity index (χ0n) is 35.7. The fraction of sp³-hybridized carbons (Fsp3) is 0.674. The van der Waals surface area contributed by atoms with E-state index in [2.05, 4.69) is 79.9 Å². The molecule has 2 fully saturated rings. The molecule has 2 saturated heterocycles. The minimum Gasteiger partial charge on any atom is -0.394 e. The van der Waals surface area contributed by atoms with Crippen LogP contribution in [0.25, 0.3) is 0 Å². The van der Waals surface area contributed by atoms with Gasteiger partial charge in [-0.25, -0.2) is 0 Å². The number of ether oxygens (including phenoxy) is 4. The van der Waals surface area contributed by atoms with Crippen LogP contribution in [0.1, 0.15) is 104 Å². The SMILES string of the molecule is CC/C=C\C/C=C\C/C=C\C/C=C\CCC(=O)NC(COC1OC(CO)C(OC2OC(CO)C(O)C(O)C2O)C(O)C1O)C(O)/C=C/CC/C=C/CC/C=C/CCCCC. The summed E-state index contributed by atoms with van der Waals surface area (Å²) in [6.07, 6.45) is 23.7. The van der Waals surface area contributed by atoms with Crippen LogP contribution in [0.2, 0.25) is 0 Å². The van der Waals surface area contributed by atoms with Crippen molar-refractivity contribution in [3.8, 4) is 0 Å². The number of rotatable bonds is 30. The molecule has 0 aromatic heterocycles. The van der Waals surface area contributed by atoms with Gasteiger partial charge in [0, 0.05) is 6.42 Å². The van der Waals surface area contributed by atoms with Crippen molar-refractivity contribution in [2.45, 2.75) is 177 Å². The molecule has 2 aliphatic rings. The van der Waals surface area contributed by atoms with Crippen molar-refractivity contribution >= 4 is 5.91 Å². The van der Waals surface area contributed by atoms with E-state index in [1.165, 1.54) is 19.3 Å². The van der Waals surface area contributed by atoms with E-state index in [-0.39, 0.29) is 18.9 Å². The van der Waals surface area contributed by atoms with E-state index in [9.17, 15) is 45.6 Å². The molecular weight excluding hydrogens is 774 g/mol. The normalized spacial score (nSPS) is 29.1. The van der Waals surface area contributed by atoms with Crippen LogP contribution in [0, 0.1) is 0 Å². The number of nitrogens with one attached hydrogen (secondary N) is 1. The molecule has 9 N–H and O–H groups in total. The third kappa shape index (κ3) is 20.8. The van der Waals surface area contributed by atoms with Crippen LogP contribution < -0.4 is 5.32 Å². The Morgan fingerprint density at radius 3 is 1.75 bits per heavy atom. The number of allylic oxidation sites excluding steroid dienone is 13. The largest absolute Gasteiger partial charge is 0.394 e. The van der Waals surface area contributed by atoms with Gasteiger partial charge in [0.1, 0.15) is 48.8 Å². The van der Waals surface area contributed by atoms with E-state index >= 15 is 0 Å². The van der Waals surface area contributed by atoms with Gasteiger partial charge in [-0.15, -0.1) is 0 Å². The first-order valence-corrected chi connectivity index (χ1v) is 21.8. The van der Waals surface area contributed by atoms with E-state index in [1.807, 2.05) is 18.2 Å². The summed E-state index contributed by atoms with van der Waals surface area (Å²) in [6.45, 7) is 2.50. The molecule has 12 unspecified atom stereocenters. The number of carbonyl (C=O) groups excluding carboxylic acids is 1. The molecule has 0 bridgehead atoms. The minimum absolute atomic E-state index is 0.144. The van der Waals surface area contributed by atoms with Gasteiger partial charge < -0.3 is 65.1 Å². The van der Waals surface area contributed by atoms with Crippen LogP contribution in [0.5, 0.6) is 0 Å². The second-order valence-electron chi connectivity index (χ2n) is 15.1. The Kier molecular flexibility index (Phi) is 29.2. The molecule has 14 heteroatoms. The summed E-state index contributed by atoms with van der Waals surface area (Å²) < 4.78 is 22.5. The summed E-state index contributed by atoms with van der Waals surface area (Å²) >= 11 is 0. The molecule has 0 saturated carbocycles.